The second kappa shape index (κ2) is 5.69. The number of hydrogen-bond donors (Lipinski definition) is 0. The summed E-state index contributed by atoms with van der Waals surface area (Å²) < 4.78 is 11.2. The van der Waals surface area contributed by atoms with E-state index in [1.54, 1.807) is 6.92 Å². The van der Waals surface area contributed by atoms with Crippen molar-refractivity contribution in [2.45, 2.75) is 25.8 Å². The maximum atomic E-state index is 11.6. The van der Waals surface area contributed by atoms with Crippen LogP contribution in [0.1, 0.15) is 26.0 Å². The van der Waals surface area contributed by atoms with Gasteiger partial charge in [-0.2, -0.15) is 0 Å². The number of furan rings is 1. The molecular weight excluding hydrogens is 286 g/mol. The molecule has 17 heavy (non-hydrogen) atoms. The van der Waals surface area contributed by atoms with Gasteiger partial charge in [-0.05, 0) is 56.0 Å². The Morgan fingerprint density at radius 3 is 2.59 bits per heavy atom. The molecule has 4 nitrogen and oxygen atoms in total. The summed E-state index contributed by atoms with van der Waals surface area (Å²) in [6.07, 6.45) is 0.258. The third-order valence-electron chi connectivity index (χ3n) is 2.88. The molecule has 0 aromatic carbocycles. The zero-order chi connectivity index (χ0) is 13.1. The molecule has 0 spiro atoms. The largest absolute Gasteiger partial charge is 0.466 e. The van der Waals surface area contributed by atoms with E-state index >= 15 is 0 Å². The van der Waals surface area contributed by atoms with Crippen LogP contribution in [0.4, 0.5) is 0 Å². The summed E-state index contributed by atoms with van der Waals surface area (Å²) in [6.45, 7) is 4.15. The fourth-order valence-electron chi connectivity index (χ4n) is 1.56. The van der Waals surface area contributed by atoms with Gasteiger partial charge in [-0.1, -0.05) is 0 Å². The number of ether oxygens (including phenoxy) is 1. The molecule has 1 aromatic heterocycles. The van der Waals surface area contributed by atoms with Crippen LogP contribution >= 0.6 is 15.9 Å². The molecule has 0 aliphatic heterocycles. The summed E-state index contributed by atoms with van der Waals surface area (Å²) in [5.41, 5.74) is -0.502. The van der Waals surface area contributed by atoms with E-state index in [1.165, 1.54) is 0 Å². The molecule has 0 saturated carbocycles. The van der Waals surface area contributed by atoms with Crippen LogP contribution in [0.2, 0.25) is 0 Å². The topological polar surface area (TPSA) is 42.7 Å². The van der Waals surface area contributed by atoms with Crippen LogP contribution < -0.4 is 0 Å². The molecule has 0 radical (unpaired) electrons. The molecule has 0 amide bonds. The van der Waals surface area contributed by atoms with E-state index in [2.05, 4.69) is 15.9 Å². The molecule has 0 bridgehead atoms. The molecule has 1 atom stereocenters. The first-order chi connectivity index (χ1) is 7.90. The summed E-state index contributed by atoms with van der Waals surface area (Å²) >= 11 is 3.27. The van der Waals surface area contributed by atoms with Gasteiger partial charge in [0.2, 0.25) is 0 Å². The van der Waals surface area contributed by atoms with Gasteiger partial charge in [0, 0.05) is 0 Å². The van der Waals surface area contributed by atoms with Crippen LogP contribution in [0.3, 0.4) is 0 Å². The van der Waals surface area contributed by atoms with Crippen LogP contribution in [-0.2, 0) is 15.1 Å². The van der Waals surface area contributed by atoms with Crippen LogP contribution in [0.15, 0.2) is 21.2 Å². The maximum Gasteiger partial charge on any atom is 0.308 e. The summed E-state index contributed by atoms with van der Waals surface area (Å²) in [5, 5.41) is 0. The molecule has 1 rings (SSSR count). The number of carbonyl (C=O) groups is 1. The van der Waals surface area contributed by atoms with Crippen molar-refractivity contribution in [1.82, 2.24) is 4.90 Å². The molecule has 0 aliphatic rings. The minimum atomic E-state index is -0.502. The van der Waals surface area contributed by atoms with Crippen molar-refractivity contribution >= 4 is 21.9 Å². The highest BCUT2D eigenvalue weighted by atomic mass is 79.9. The number of carbonyl (C=O) groups excluding carboxylic acids is 1. The predicted octanol–water partition coefficient (Wildman–Crippen LogP) is 2.77. The molecule has 0 saturated heterocycles. The molecule has 0 N–H and O–H groups in total. The Labute approximate surface area is 110 Å². The highest BCUT2D eigenvalue weighted by Gasteiger charge is 2.35. The Balaban J connectivity index is 2.94. The van der Waals surface area contributed by atoms with E-state index < -0.39 is 5.54 Å². The molecule has 0 aliphatic carbocycles. The normalized spacial score (nSPS) is 14.7. The number of rotatable bonds is 5. The lowest BCUT2D eigenvalue weighted by Crippen LogP contribution is -2.40. The summed E-state index contributed by atoms with van der Waals surface area (Å²) in [7, 11) is 3.82. The smallest absolute Gasteiger partial charge is 0.308 e. The number of nitrogens with zero attached hydrogens (tertiary/aromatic N) is 1. The fourth-order valence-corrected chi connectivity index (χ4v) is 1.87. The van der Waals surface area contributed by atoms with E-state index in [-0.39, 0.29) is 12.4 Å². The zero-order valence-electron chi connectivity index (χ0n) is 10.6. The summed E-state index contributed by atoms with van der Waals surface area (Å²) in [4.78, 5) is 13.6. The Kier molecular flexibility index (Phi) is 4.77. The first-order valence-electron chi connectivity index (χ1n) is 5.49. The van der Waals surface area contributed by atoms with E-state index in [0.717, 1.165) is 5.76 Å². The lowest BCUT2D eigenvalue weighted by atomic mass is 9.93. The zero-order valence-corrected chi connectivity index (χ0v) is 12.2. The number of halogens is 1. The lowest BCUT2D eigenvalue weighted by Gasteiger charge is -2.33. The Morgan fingerprint density at radius 2 is 2.18 bits per heavy atom. The van der Waals surface area contributed by atoms with Crippen LogP contribution in [0.25, 0.3) is 0 Å². The molecule has 96 valence electrons. The van der Waals surface area contributed by atoms with Crippen molar-refractivity contribution in [3.05, 3.63) is 22.6 Å². The van der Waals surface area contributed by atoms with Crippen molar-refractivity contribution in [3.8, 4) is 0 Å². The quantitative estimate of drug-likeness (QED) is 0.785. The van der Waals surface area contributed by atoms with Crippen molar-refractivity contribution in [2.24, 2.45) is 0 Å². The first kappa shape index (κ1) is 14.3. The second-order valence-corrected chi connectivity index (χ2v) is 5.04. The van der Waals surface area contributed by atoms with Crippen molar-refractivity contribution in [1.29, 1.82) is 0 Å². The average Bonchev–Trinajstić information content (AvgIpc) is 2.65. The monoisotopic (exact) mass is 303 g/mol. The van der Waals surface area contributed by atoms with Crippen molar-refractivity contribution < 1.29 is 13.9 Å². The van der Waals surface area contributed by atoms with Crippen molar-refractivity contribution in [2.75, 3.05) is 20.7 Å². The minimum Gasteiger partial charge on any atom is -0.466 e. The summed E-state index contributed by atoms with van der Waals surface area (Å²) in [6, 6.07) is 3.69. The van der Waals surface area contributed by atoms with Crippen LogP contribution in [0.5, 0.6) is 0 Å². The highest BCUT2D eigenvalue weighted by Crippen LogP contribution is 2.32. The van der Waals surface area contributed by atoms with E-state index in [1.807, 2.05) is 38.1 Å². The lowest BCUT2D eigenvalue weighted by molar-refractivity contribution is -0.146. The molecule has 1 aromatic rings. The van der Waals surface area contributed by atoms with Gasteiger partial charge in [0.05, 0.1) is 18.6 Å². The number of esters is 1. The third-order valence-corrected chi connectivity index (χ3v) is 3.31. The van der Waals surface area contributed by atoms with Gasteiger partial charge < -0.3 is 9.15 Å². The predicted molar refractivity (Wildman–Crippen MR) is 68.7 cm³/mol. The SMILES string of the molecule is CCOC(=O)CC(C)(c1ccc(Br)o1)N(C)C. The van der Waals surface area contributed by atoms with E-state index in [0.29, 0.717) is 11.3 Å². The van der Waals surface area contributed by atoms with Gasteiger partial charge in [0.1, 0.15) is 5.76 Å². The fraction of sp³-hybridized carbons (Fsp3) is 0.583. The average molecular weight is 304 g/mol. The van der Waals surface area contributed by atoms with Gasteiger partial charge >= 0.3 is 5.97 Å². The minimum absolute atomic E-state index is 0.226. The first-order valence-corrected chi connectivity index (χ1v) is 6.28. The third kappa shape index (κ3) is 3.33. The van der Waals surface area contributed by atoms with Gasteiger partial charge in [0.15, 0.2) is 4.67 Å². The summed E-state index contributed by atoms with van der Waals surface area (Å²) in [5.74, 6) is 0.513. The Morgan fingerprint density at radius 1 is 1.53 bits per heavy atom. The highest BCUT2D eigenvalue weighted by molar-refractivity contribution is 9.10. The van der Waals surface area contributed by atoms with Gasteiger partial charge in [-0.15, -0.1) is 0 Å². The molecule has 1 heterocycles. The van der Waals surface area contributed by atoms with Crippen molar-refractivity contribution in [3.63, 3.8) is 0 Å². The number of hydrogen-bond acceptors (Lipinski definition) is 4. The van der Waals surface area contributed by atoms with E-state index in [4.69, 9.17) is 9.15 Å². The second-order valence-electron chi connectivity index (χ2n) is 4.25. The molecular formula is C12H18BrNO3. The maximum absolute atomic E-state index is 11.6. The van der Waals surface area contributed by atoms with Gasteiger partial charge in [-0.25, -0.2) is 0 Å². The van der Waals surface area contributed by atoms with Crippen LogP contribution in [0, 0.1) is 0 Å². The van der Waals surface area contributed by atoms with E-state index in [9.17, 15) is 4.79 Å². The standard InChI is InChI=1S/C12H18BrNO3/c1-5-16-11(15)8-12(2,14(3)4)9-6-7-10(13)17-9/h6-7H,5,8H2,1-4H3. The van der Waals surface area contributed by atoms with Gasteiger partial charge in [0.25, 0.3) is 0 Å². The molecule has 5 heteroatoms. The van der Waals surface area contributed by atoms with Crippen LogP contribution in [-0.4, -0.2) is 31.6 Å². The molecule has 1 unspecified atom stereocenters. The Hall–Kier alpha value is -0.810. The molecule has 0 fully saturated rings. The Bertz CT molecular complexity index is 389. The van der Waals surface area contributed by atoms with Gasteiger partial charge in [-0.3, -0.25) is 9.69 Å².